The van der Waals surface area contributed by atoms with Gasteiger partial charge >= 0.3 is 5.97 Å². The van der Waals surface area contributed by atoms with Crippen LogP contribution in [0.2, 0.25) is 0 Å². The fraction of sp³-hybridized carbons (Fsp3) is 0.507. The Labute approximate surface area is 559 Å². The maximum Gasteiger partial charge on any atom is 0.324 e. The highest BCUT2D eigenvalue weighted by Crippen LogP contribution is 2.44. The summed E-state index contributed by atoms with van der Waals surface area (Å²) >= 11 is 1.49. The summed E-state index contributed by atoms with van der Waals surface area (Å²) in [6.07, 6.45) is 7.52. The molecule has 13 rings (SSSR count). The molecule has 5 atom stereocenters. The highest BCUT2D eigenvalue weighted by Gasteiger charge is 2.42. The smallest absolute Gasteiger partial charge is 0.324 e. The number of imidazole rings is 1. The number of hydrogen-bond donors (Lipinski definition) is 3. The summed E-state index contributed by atoms with van der Waals surface area (Å²) in [4.78, 5) is 78.3. The van der Waals surface area contributed by atoms with Crippen LogP contribution in [0.15, 0.2) is 72.5 Å². The number of likely N-dealkylation sites (N-methyl/N-ethyl adjacent to an activating group) is 2. The molecule has 24 heteroatoms. The van der Waals surface area contributed by atoms with E-state index in [2.05, 4.69) is 119 Å². The molecule has 4 fully saturated rings. The van der Waals surface area contributed by atoms with E-state index < -0.39 is 29.1 Å². The van der Waals surface area contributed by atoms with Crippen LogP contribution in [-0.4, -0.2) is 175 Å². The van der Waals surface area contributed by atoms with Crippen molar-refractivity contribution < 1.29 is 32.6 Å². The average Bonchev–Trinajstić information content (AvgIpc) is 1.60. The second kappa shape index (κ2) is 28.4. The second-order valence-corrected chi connectivity index (χ2v) is 28.2. The molecular weight excluding hydrogens is 1230 g/mol. The van der Waals surface area contributed by atoms with E-state index in [0.29, 0.717) is 54.4 Å². The number of rotatable bonds is 14. The van der Waals surface area contributed by atoms with Crippen LogP contribution in [0.3, 0.4) is 0 Å². The number of cyclic esters (lactones) is 1. The lowest BCUT2D eigenvalue weighted by Gasteiger charge is -2.35. The monoisotopic (exact) mass is 1320 g/mol. The van der Waals surface area contributed by atoms with E-state index in [1.54, 1.807) is 13.2 Å². The fourth-order valence-corrected chi connectivity index (χ4v) is 14.6. The summed E-state index contributed by atoms with van der Waals surface area (Å²) in [6, 6.07) is 14.3. The summed E-state index contributed by atoms with van der Waals surface area (Å²) in [5, 5.41) is 11.5. The number of nitrogens with zero attached hydrogens (tertiary/aromatic N) is 13. The standard InChI is InChI=1S/C44H58N8O5S.C27H32F2N8/c1-8-51-37-12-11-28-19-31(37)33(40(51)32-20-29(23-45-39(32)27(3)56-7)50-16-14-49(6)15-17-50)22-44(4,5)25-57-43(55)34-10-9-13-52(48-34)42(54)35(21-38-46-36(28)24-58-38)47-41(53)30-18-26(30)2;1-5-35-8-10-36(11-9-35)16-19-6-7-24(30-14-19)33-27-31-15-22(29)25(34-27)20-12-21(28)26-23(13-20)37(17(2)3)18(4)32-26/h11-12,19-20,23-24,26-27,30,34-35,48H,8-10,13-18,21-22,25H2,1-7H3,(H,47,53);6-7,12-15,17H,5,8-11,16H2,1-4H3,(H,30,31,33,34). The predicted octanol–water partition coefficient (Wildman–Crippen LogP) is 10.5. The number of piperazine rings is 2. The first kappa shape index (κ1) is 67.1. The lowest BCUT2D eigenvalue weighted by molar-refractivity contribution is -0.155. The van der Waals surface area contributed by atoms with Crippen molar-refractivity contribution in [2.45, 2.75) is 132 Å². The first-order chi connectivity index (χ1) is 45.6. The normalized spacial score (nSPS) is 20.9. The summed E-state index contributed by atoms with van der Waals surface area (Å²) in [6.45, 7) is 29.9. The highest BCUT2D eigenvalue weighted by atomic mass is 32.1. The number of benzene rings is 2. The quantitative estimate of drug-likeness (QED) is 0.0865. The summed E-state index contributed by atoms with van der Waals surface area (Å²) in [5.41, 5.74) is 13.2. The molecule has 5 aliphatic rings. The van der Waals surface area contributed by atoms with Gasteiger partial charge in [-0.2, -0.15) is 0 Å². The molecular formula is C71H90F2N16O5S. The van der Waals surface area contributed by atoms with Crippen molar-refractivity contribution in [2.75, 3.05) is 96.4 Å². The van der Waals surface area contributed by atoms with E-state index in [1.807, 2.05) is 69.1 Å². The minimum absolute atomic E-state index is 0.00954. The molecule has 1 aliphatic carbocycles. The minimum atomic E-state index is -0.825. The van der Waals surface area contributed by atoms with Crippen molar-refractivity contribution in [1.29, 1.82) is 0 Å². The number of carbonyl (C=O) groups excluding carboxylic acids is 3. The van der Waals surface area contributed by atoms with Gasteiger partial charge in [0.2, 0.25) is 11.9 Å². The number of hydrogen-bond acceptors (Lipinski definition) is 18. The molecule has 0 spiro atoms. The number of methoxy groups -OCH3 is 1. The first-order valence-electron chi connectivity index (χ1n) is 33.6. The van der Waals surface area contributed by atoms with Gasteiger partial charge in [0, 0.05) is 142 Å². The Kier molecular flexibility index (Phi) is 20.1. The lowest BCUT2D eigenvalue weighted by atomic mass is 9.84. The number of anilines is 3. The number of nitrogens with one attached hydrogen (secondary N) is 3. The molecule has 504 valence electrons. The number of esters is 1. The van der Waals surface area contributed by atoms with E-state index in [4.69, 9.17) is 19.4 Å². The molecule has 3 N–H and O–H groups in total. The highest BCUT2D eigenvalue weighted by molar-refractivity contribution is 7.10. The average molecular weight is 1320 g/mol. The van der Waals surface area contributed by atoms with Gasteiger partial charge in [-0.25, -0.2) is 39.1 Å². The van der Waals surface area contributed by atoms with Gasteiger partial charge in [-0.15, -0.1) is 11.3 Å². The largest absolute Gasteiger partial charge is 0.464 e. The number of fused-ring (bicyclic) bond motifs is 7. The van der Waals surface area contributed by atoms with Gasteiger partial charge in [-0.05, 0) is 127 Å². The van der Waals surface area contributed by atoms with E-state index >= 15 is 0 Å². The van der Waals surface area contributed by atoms with E-state index in [1.165, 1.54) is 22.4 Å². The molecule has 6 bridgehead atoms. The Morgan fingerprint density at radius 3 is 2.34 bits per heavy atom. The van der Waals surface area contributed by atoms with Crippen molar-refractivity contribution in [1.82, 2.24) is 69.5 Å². The van der Waals surface area contributed by atoms with Gasteiger partial charge in [0.25, 0.3) is 5.91 Å². The van der Waals surface area contributed by atoms with E-state index in [0.717, 1.165) is 146 Å². The van der Waals surface area contributed by atoms with Crippen LogP contribution in [0, 0.1) is 35.8 Å². The topological polar surface area (TPSA) is 209 Å². The fourth-order valence-electron chi connectivity index (χ4n) is 13.7. The third-order valence-corrected chi connectivity index (χ3v) is 20.2. The van der Waals surface area contributed by atoms with Crippen LogP contribution >= 0.6 is 11.3 Å². The number of thiazole rings is 1. The molecule has 0 radical (unpaired) electrons. The number of amides is 2. The zero-order valence-corrected chi connectivity index (χ0v) is 57.5. The van der Waals surface area contributed by atoms with Crippen LogP contribution < -0.4 is 21.0 Å². The van der Waals surface area contributed by atoms with Crippen LogP contribution in [-0.2, 0) is 49.8 Å². The molecule has 5 unspecified atom stereocenters. The van der Waals surface area contributed by atoms with E-state index in [-0.39, 0.29) is 66.0 Å². The van der Waals surface area contributed by atoms with Crippen LogP contribution in [0.1, 0.15) is 114 Å². The van der Waals surface area contributed by atoms with Crippen LogP contribution in [0.5, 0.6) is 0 Å². The van der Waals surface area contributed by atoms with Crippen molar-refractivity contribution in [3.05, 3.63) is 112 Å². The third kappa shape index (κ3) is 14.8. The number of aryl methyl sites for hydroxylation is 2. The molecule has 95 heavy (non-hydrogen) atoms. The zero-order valence-electron chi connectivity index (χ0n) is 56.6. The van der Waals surface area contributed by atoms with Gasteiger partial charge < -0.3 is 43.9 Å². The van der Waals surface area contributed by atoms with Crippen LogP contribution in [0.4, 0.5) is 26.2 Å². The second-order valence-electron chi connectivity index (χ2n) is 27.3. The van der Waals surface area contributed by atoms with Crippen molar-refractivity contribution in [2.24, 2.45) is 17.3 Å². The van der Waals surface area contributed by atoms with Crippen molar-refractivity contribution in [3.8, 4) is 33.8 Å². The third-order valence-electron chi connectivity index (χ3n) is 19.4. The molecule has 1 saturated carbocycles. The molecule has 2 aromatic carbocycles. The van der Waals surface area contributed by atoms with Gasteiger partial charge in [-0.3, -0.25) is 29.3 Å². The number of carbonyl (C=O) groups is 3. The van der Waals surface area contributed by atoms with Crippen molar-refractivity contribution >= 4 is 68.5 Å². The molecule has 2 amide bonds. The van der Waals surface area contributed by atoms with Gasteiger partial charge in [-0.1, -0.05) is 39.8 Å². The molecule has 21 nitrogen and oxygen atoms in total. The zero-order chi connectivity index (χ0) is 67.0. The van der Waals surface area contributed by atoms with E-state index in [9.17, 15) is 23.2 Å². The number of ether oxygens (including phenoxy) is 2. The molecule has 3 saturated heterocycles. The Balaban J connectivity index is 0.000000201. The van der Waals surface area contributed by atoms with Crippen LogP contribution in [0.25, 0.3) is 55.7 Å². The SMILES string of the molecule is CCN1CCN(Cc2ccc(Nc3ncc(F)c(-c4cc(F)c5nc(C)n(C(C)C)c5c4)n3)nc2)CC1.CCn1c(-c2cc(N3CCN(C)CC3)cnc2C(C)OC)c2c3cc(ccc31)-c1csc(n1)CC(NC(=O)C1CC1C)C(=O)N1CCCC(N1)C(=O)OCC(C)(C)C2. The maximum absolute atomic E-state index is 14.9. The maximum atomic E-state index is 14.9. The summed E-state index contributed by atoms with van der Waals surface area (Å²) in [7, 11) is 3.89. The molecule has 6 aromatic heterocycles. The Hall–Kier alpha value is -7.87. The minimum Gasteiger partial charge on any atom is -0.464 e. The van der Waals surface area contributed by atoms with Gasteiger partial charge in [0.05, 0.1) is 58.4 Å². The summed E-state index contributed by atoms with van der Waals surface area (Å²) in [5.74, 6) is -0.286. The lowest BCUT2D eigenvalue weighted by Crippen LogP contribution is -2.60. The number of aromatic nitrogens is 8. The van der Waals surface area contributed by atoms with Gasteiger partial charge in [0.1, 0.15) is 34.9 Å². The Bertz CT molecular complexity index is 4100. The molecule has 4 aliphatic heterocycles. The first-order valence-corrected chi connectivity index (χ1v) is 34.5. The Morgan fingerprint density at radius 1 is 0.863 bits per heavy atom. The van der Waals surface area contributed by atoms with Gasteiger partial charge in [0.15, 0.2) is 11.6 Å². The number of pyridine rings is 2. The number of halogens is 2. The number of hydrazine groups is 1. The molecule has 10 heterocycles. The molecule has 8 aromatic rings. The predicted molar refractivity (Wildman–Crippen MR) is 367 cm³/mol. The van der Waals surface area contributed by atoms with Crippen molar-refractivity contribution in [3.63, 3.8) is 0 Å². The summed E-state index contributed by atoms with van der Waals surface area (Å²) < 4.78 is 46.1. The Morgan fingerprint density at radius 2 is 1.63 bits per heavy atom.